The van der Waals surface area contributed by atoms with Crippen LogP contribution in [0.3, 0.4) is 0 Å². The second kappa shape index (κ2) is 6.31. The van der Waals surface area contributed by atoms with Crippen molar-refractivity contribution in [3.05, 3.63) is 30.0 Å². The average Bonchev–Trinajstić information content (AvgIpc) is 3.15. The van der Waals surface area contributed by atoms with Crippen molar-refractivity contribution in [2.24, 2.45) is 0 Å². The first kappa shape index (κ1) is 14.1. The van der Waals surface area contributed by atoms with Gasteiger partial charge in [-0.15, -0.1) is 0 Å². The number of hydrogen-bond acceptors (Lipinski definition) is 6. The second-order valence-corrected chi connectivity index (χ2v) is 4.84. The molecule has 0 unspecified atom stereocenters. The summed E-state index contributed by atoms with van der Waals surface area (Å²) in [7, 11) is 0. The summed E-state index contributed by atoms with van der Waals surface area (Å²) >= 11 is 1.77. The minimum atomic E-state index is -0.306. The van der Waals surface area contributed by atoms with E-state index < -0.39 is 0 Å². The van der Waals surface area contributed by atoms with Crippen LogP contribution in [0.1, 0.15) is 10.5 Å². The van der Waals surface area contributed by atoms with Crippen molar-refractivity contribution in [1.82, 2.24) is 10.5 Å². The van der Waals surface area contributed by atoms with Crippen LogP contribution in [0.5, 0.6) is 11.5 Å². The monoisotopic (exact) mass is 402 g/mol. The summed E-state index contributed by atoms with van der Waals surface area (Å²) < 4.78 is 20.6. The minimum absolute atomic E-state index is 0.210. The molecule has 1 aromatic heterocycles. The first-order valence-electron chi connectivity index (χ1n) is 6.16. The van der Waals surface area contributed by atoms with E-state index in [2.05, 4.69) is 10.5 Å². The molecule has 1 amide bonds. The van der Waals surface area contributed by atoms with Gasteiger partial charge in [-0.05, 0) is 18.2 Å². The van der Waals surface area contributed by atoms with Gasteiger partial charge in [-0.25, -0.2) is 0 Å². The number of amides is 1. The van der Waals surface area contributed by atoms with Gasteiger partial charge in [0.2, 0.25) is 6.79 Å². The van der Waals surface area contributed by atoms with Gasteiger partial charge in [0.05, 0.1) is 6.61 Å². The van der Waals surface area contributed by atoms with E-state index >= 15 is 0 Å². The lowest BCUT2D eigenvalue weighted by Crippen LogP contribution is -2.26. The Morgan fingerprint density at radius 1 is 1.33 bits per heavy atom. The summed E-state index contributed by atoms with van der Waals surface area (Å²) in [6.07, 6.45) is 0. The molecule has 8 heteroatoms. The van der Waals surface area contributed by atoms with Gasteiger partial charge in [0.1, 0.15) is 23.0 Å². The highest BCUT2D eigenvalue weighted by atomic mass is 127. The van der Waals surface area contributed by atoms with Crippen LogP contribution < -0.4 is 14.8 Å². The number of ether oxygens (including phenoxy) is 2. The molecular formula is C13H11IN2O5. The minimum Gasteiger partial charge on any atom is -0.454 e. The van der Waals surface area contributed by atoms with E-state index in [-0.39, 0.29) is 18.4 Å². The van der Waals surface area contributed by atoms with Crippen LogP contribution >= 0.6 is 23.0 Å². The van der Waals surface area contributed by atoms with Crippen LogP contribution in [-0.4, -0.2) is 31.0 Å². The molecule has 2 aromatic rings. The molecule has 1 N–H and O–H groups in total. The molecule has 0 fully saturated rings. The molecule has 0 aliphatic carbocycles. The fourth-order valence-electron chi connectivity index (χ4n) is 1.86. The lowest BCUT2D eigenvalue weighted by Gasteiger charge is -1.99. The summed E-state index contributed by atoms with van der Waals surface area (Å²) in [5, 5.41) is 6.43. The summed E-state index contributed by atoms with van der Waals surface area (Å²) in [5.41, 5.74) is 0.984. The normalized spacial score (nSPS) is 12.4. The van der Waals surface area contributed by atoms with Crippen molar-refractivity contribution in [2.45, 2.75) is 0 Å². The molecule has 0 saturated heterocycles. The van der Waals surface area contributed by atoms with Gasteiger partial charge in [0, 0.05) is 18.2 Å². The number of fused-ring (bicyclic) bond motifs is 1. The Labute approximate surface area is 134 Å². The van der Waals surface area contributed by atoms with Crippen molar-refractivity contribution in [3.63, 3.8) is 0 Å². The zero-order valence-electron chi connectivity index (χ0n) is 10.8. The predicted octanol–water partition coefficient (Wildman–Crippen LogP) is 2.17. The lowest BCUT2D eigenvalue weighted by atomic mass is 10.1. The Hall–Kier alpha value is -1.81. The molecule has 0 radical (unpaired) electrons. The van der Waals surface area contributed by atoms with Gasteiger partial charge < -0.3 is 22.4 Å². The Bertz CT molecular complexity index is 658. The molecule has 0 spiro atoms. The number of carbonyl (C=O) groups is 1. The van der Waals surface area contributed by atoms with Gasteiger partial charge in [-0.1, -0.05) is 5.16 Å². The third-order valence-electron chi connectivity index (χ3n) is 2.86. The maximum Gasteiger partial charge on any atom is 0.273 e. The molecule has 1 aliphatic heterocycles. The van der Waals surface area contributed by atoms with E-state index in [0.29, 0.717) is 30.4 Å². The van der Waals surface area contributed by atoms with Gasteiger partial charge in [-0.2, -0.15) is 0 Å². The topological polar surface area (TPSA) is 82.8 Å². The van der Waals surface area contributed by atoms with Crippen molar-refractivity contribution in [1.29, 1.82) is 0 Å². The zero-order valence-corrected chi connectivity index (χ0v) is 13.0. The number of nitrogens with one attached hydrogen (secondary N) is 1. The first-order chi connectivity index (χ1) is 10.3. The predicted molar refractivity (Wildman–Crippen MR) is 80.4 cm³/mol. The Balaban J connectivity index is 1.74. The Kier molecular flexibility index (Phi) is 4.25. The van der Waals surface area contributed by atoms with E-state index in [1.165, 1.54) is 0 Å². The van der Waals surface area contributed by atoms with Crippen molar-refractivity contribution in [2.75, 3.05) is 19.9 Å². The van der Waals surface area contributed by atoms with Gasteiger partial charge in [0.15, 0.2) is 23.0 Å². The van der Waals surface area contributed by atoms with Crippen molar-refractivity contribution in [3.8, 4) is 22.8 Å². The maximum absolute atomic E-state index is 11.8. The largest absolute Gasteiger partial charge is 0.454 e. The summed E-state index contributed by atoms with van der Waals surface area (Å²) in [4.78, 5) is 11.8. The third-order valence-corrected chi connectivity index (χ3v) is 3.31. The Morgan fingerprint density at radius 2 is 2.19 bits per heavy atom. The molecule has 7 nitrogen and oxygen atoms in total. The van der Waals surface area contributed by atoms with E-state index in [0.717, 1.165) is 5.56 Å². The van der Waals surface area contributed by atoms with Crippen LogP contribution in [0.25, 0.3) is 11.3 Å². The van der Waals surface area contributed by atoms with E-state index in [4.69, 9.17) is 17.1 Å². The highest BCUT2D eigenvalue weighted by molar-refractivity contribution is 14.1. The number of nitrogens with zero attached hydrogens (tertiary/aromatic N) is 1. The van der Waals surface area contributed by atoms with E-state index in [1.54, 1.807) is 41.2 Å². The standard InChI is InChI=1S/C13H11IN2O5/c14-20-4-3-15-13(17)9-6-11(21-16-9)8-1-2-10-12(5-8)19-7-18-10/h1-2,5-6H,3-4,7H2,(H,15,17). The van der Waals surface area contributed by atoms with Gasteiger partial charge >= 0.3 is 0 Å². The highest BCUT2D eigenvalue weighted by Gasteiger charge is 2.17. The van der Waals surface area contributed by atoms with Gasteiger partial charge in [0.25, 0.3) is 5.91 Å². The molecule has 2 heterocycles. The number of benzene rings is 1. The van der Waals surface area contributed by atoms with Crippen LogP contribution in [-0.2, 0) is 3.07 Å². The fraction of sp³-hybridized carbons (Fsp3) is 0.231. The molecular weight excluding hydrogens is 391 g/mol. The van der Waals surface area contributed by atoms with Crippen LogP contribution in [0.15, 0.2) is 28.8 Å². The second-order valence-electron chi connectivity index (χ2n) is 4.21. The van der Waals surface area contributed by atoms with Crippen molar-refractivity contribution >= 4 is 28.9 Å². The number of halogens is 1. The zero-order chi connectivity index (χ0) is 14.7. The van der Waals surface area contributed by atoms with E-state index in [1.807, 2.05) is 6.07 Å². The highest BCUT2D eigenvalue weighted by Crippen LogP contribution is 2.35. The summed E-state index contributed by atoms with van der Waals surface area (Å²) in [6.45, 7) is 1.05. The van der Waals surface area contributed by atoms with Crippen LogP contribution in [0.2, 0.25) is 0 Å². The fourth-order valence-corrected chi connectivity index (χ4v) is 2.08. The number of hydrogen-bond donors (Lipinski definition) is 1. The van der Waals surface area contributed by atoms with Crippen LogP contribution in [0.4, 0.5) is 0 Å². The summed E-state index contributed by atoms with van der Waals surface area (Å²) in [6, 6.07) is 6.98. The molecule has 1 aromatic carbocycles. The molecule has 1 aliphatic rings. The average molecular weight is 402 g/mol. The number of carbonyl (C=O) groups excluding carboxylic acids is 1. The molecule has 21 heavy (non-hydrogen) atoms. The third kappa shape index (κ3) is 3.10. The smallest absolute Gasteiger partial charge is 0.273 e. The lowest BCUT2D eigenvalue weighted by molar-refractivity contribution is 0.0940. The number of aromatic nitrogens is 1. The van der Waals surface area contributed by atoms with Crippen LogP contribution in [0, 0.1) is 0 Å². The van der Waals surface area contributed by atoms with Crippen molar-refractivity contribution < 1.29 is 21.9 Å². The molecule has 0 saturated carbocycles. The molecule has 3 rings (SSSR count). The van der Waals surface area contributed by atoms with E-state index in [9.17, 15) is 4.79 Å². The number of rotatable bonds is 5. The Morgan fingerprint density at radius 3 is 3.05 bits per heavy atom. The summed E-state index contributed by atoms with van der Waals surface area (Å²) in [5.74, 6) is 1.52. The molecule has 0 atom stereocenters. The molecule has 0 bridgehead atoms. The maximum atomic E-state index is 11.8. The first-order valence-corrected chi connectivity index (χ1v) is 7.04. The SMILES string of the molecule is O=C(NCCOI)c1cc(-c2ccc3c(c2)OCO3)on1. The van der Waals surface area contributed by atoms with Gasteiger partial charge in [-0.3, -0.25) is 4.79 Å². The molecule has 110 valence electrons. The quantitative estimate of drug-likeness (QED) is 0.610.